The Morgan fingerprint density at radius 1 is 1.25 bits per heavy atom. The molecule has 20 heavy (non-hydrogen) atoms. The molecule has 0 saturated heterocycles. The monoisotopic (exact) mass is 329 g/mol. The summed E-state index contributed by atoms with van der Waals surface area (Å²) in [6, 6.07) is 13.1. The molecule has 100 valence electrons. The normalized spacial score (nSPS) is 10.7. The van der Waals surface area contributed by atoms with Gasteiger partial charge in [0.2, 0.25) is 0 Å². The van der Waals surface area contributed by atoms with Gasteiger partial charge in [0, 0.05) is 22.4 Å². The zero-order valence-electron chi connectivity index (χ0n) is 10.6. The number of imidazole rings is 1. The standard InChI is InChI=1S/C15H12BrN3O/c16-12-5-3-4-11(8-12)15(20)17-9-13-10-19-7-2-1-6-14(19)18-13/h1-8,10H,9H2,(H,17,20). The van der Waals surface area contributed by atoms with E-state index in [1.165, 1.54) is 0 Å². The number of nitrogens with zero attached hydrogens (tertiary/aromatic N) is 2. The summed E-state index contributed by atoms with van der Waals surface area (Å²) in [6.45, 7) is 0.410. The molecule has 0 spiro atoms. The zero-order chi connectivity index (χ0) is 13.9. The van der Waals surface area contributed by atoms with Crippen LogP contribution in [0.3, 0.4) is 0 Å². The summed E-state index contributed by atoms with van der Waals surface area (Å²) in [5.41, 5.74) is 2.34. The Hall–Kier alpha value is -2.14. The smallest absolute Gasteiger partial charge is 0.251 e. The molecule has 1 amide bonds. The number of carbonyl (C=O) groups excluding carboxylic acids is 1. The van der Waals surface area contributed by atoms with Gasteiger partial charge >= 0.3 is 0 Å². The first-order valence-electron chi connectivity index (χ1n) is 6.19. The van der Waals surface area contributed by atoms with Gasteiger partial charge in [-0.1, -0.05) is 28.1 Å². The van der Waals surface area contributed by atoms with Gasteiger partial charge in [0.05, 0.1) is 12.2 Å². The molecule has 1 N–H and O–H groups in total. The molecule has 0 saturated carbocycles. The molecule has 2 aromatic heterocycles. The van der Waals surface area contributed by atoms with Crippen LogP contribution in [0.2, 0.25) is 0 Å². The maximum Gasteiger partial charge on any atom is 0.251 e. The van der Waals surface area contributed by atoms with Gasteiger partial charge in [-0.3, -0.25) is 4.79 Å². The zero-order valence-corrected chi connectivity index (χ0v) is 12.2. The highest BCUT2D eigenvalue weighted by molar-refractivity contribution is 9.10. The van der Waals surface area contributed by atoms with Gasteiger partial charge in [0.25, 0.3) is 5.91 Å². The average Bonchev–Trinajstić information content (AvgIpc) is 2.87. The molecule has 3 rings (SSSR count). The van der Waals surface area contributed by atoms with E-state index in [9.17, 15) is 4.79 Å². The van der Waals surface area contributed by atoms with Crippen LogP contribution in [0.1, 0.15) is 16.1 Å². The summed E-state index contributed by atoms with van der Waals surface area (Å²) in [4.78, 5) is 16.5. The highest BCUT2D eigenvalue weighted by Gasteiger charge is 2.07. The highest BCUT2D eigenvalue weighted by atomic mass is 79.9. The van der Waals surface area contributed by atoms with E-state index in [0.717, 1.165) is 15.8 Å². The molecule has 0 aliphatic carbocycles. The van der Waals surface area contributed by atoms with Crippen LogP contribution in [0.4, 0.5) is 0 Å². The Labute approximate surface area is 124 Å². The first kappa shape index (κ1) is 12.9. The lowest BCUT2D eigenvalue weighted by Crippen LogP contribution is -2.22. The lowest BCUT2D eigenvalue weighted by atomic mass is 10.2. The third-order valence-electron chi connectivity index (χ3n) is 2.93. The summed E-state index contributed by atoms with van der Waals surface area (Å²) < 4.78 is 2.82. The molecule has 0 bridgehead atoms. The van der Waals surface area contributed by atoms with Crippen LogP contribution in [-0.2, 0) is 6.54 Å². The number of hydrogen-bond acceptors (Lipinski definition) is 2. The Bertz CT molecular complexity index is 733. The largest absolute Gasteiger partial charge is 0.346 e. The quantitative estimate of drug-likeness (QED) is 0.802. The third kappa shape index (κ3) is 2.72. The second kappa shape index (κ2) is 5.46. The number of halogens is 1. The maximum absolute atomic E-state index is 12.0. The Kier molecular flexibility index (Phi) is 3.52. The Morgan fingerprint density at radius 2 is 2.15 bits per heavy atom. The number of nitrogens with one attached hydrogen (secondary N) is 1. The highest BCUT2D eigenvalue weighted by Crippen LogP contribution is 2.11. The number of carbonyl (C=O) groups is 1. The van der Waals surface area contributed by atoms with Crippen LogP contribution in [0.25, 0.3) is 5.65 Å². The van der Waals surface area contributed by atoms with E-state index in [1.807, 2.05) is 47.1 Å². The summed E-state index contributed by atoms with van der Waals surface area (Å²) in [5, 5.41) is 2.87. The van der Waals surface area contributed by atoms with Crippen molar-refractivity contribution in [3.8, 4) is 0 Å². The van der Waals surface area contributed by atoms with Gasteiger partial charge in [0.1, 0.15) is 5.65 Å². The molecule has 0 aliphatic rings. The van der Waals surface area contributed by atoms with Crippen molar-refractivity contribution >= 4 is 27.5 Å². The van der Waals surface area contributed by atoms with E-state index in [0.29, 0.717) is 12.1 Å². The fourth-order valence-corrected chi connectivity index (χ4v) is 2.37. The van der Waals surface area contributed by atoms with Crippen LogP contribution in [-0.4, -0.2) is 15.3 Å². The van der Waals surface area contributed by atoms with Crippen molar-refractivity contribution in [2.45, 2.75) is 6.54 Å². The van der Waals surface area contributed by atoms with Crippen LogP contribution in [0, 0.1) is 0 Å². The van der Waals surface area contributed by atoms with Gasteiger partial charge in [-0.15, -0.1) is 0 Å². The molecule has 5 heteroatoms. The molecule has 0 radical (unpaired) electrons. The first-order chi connectivity index (χ1) is 9.72. The van der Waals surface area contributed by atoms with Crippen molar-refractivity contribution in [3.63, 3.8) is 0 Å². The van der Waals surface area contributed by atoms with E-state index in [4.69, 9.17) is 0 Å². The molecular formula is C15H12BrN3O. The summed E-state index contributed by atoms with van der Waals surface area (Å²) in [5.74, 6) is -0.108. The van der Waals surface area contributed by atoms with Gasteiger partial charge in [-0.2, -0.15) is 0 Å². The molecule has 4 nitrogen and oxygen atoms in total. The maximum atomic E-state index is 12.0. The molecule has 2 heterocycles. The fraction of sp³-hybridized carbons (Fsp3) is 0.0667. The van der Waals surface area contributed by atoms with Crippen LogP contribution < -0.4 is 5.32 Å². The van der Waals surface area contributed by atoms with E-state index in [-0.39, 0.29) is 5.91 Å². The number of amides is 1. The van der Waals surface area contributed by atoms with Crippen molar-refractivity contribution in [3.05, 3.63) is 70.6 Å². The van der Waals surface area contributed by atoms with Gasteiger partial charge < -0.3 is 9.72 Å². The van der Waals surface area contributed by atoms with E-state index < -0.39 is 0 Å². The molecule has 0 aliphatic heterocycles. The van der Waals surface area contributed by atoms with E-state index >= 15 is 0 Å². The number of pyridine rings is 1. The number of aromatic nitrogens is 2. The summed E-state index contributed by atoms with van der Waals surface area (Å²) >= 11 is 3.35. The molecule has 0 atom stereocenters. The SMILES string of the molecule is O=C(NCc1cn2ccccc2n1)c1cccc(Br)c1. The predicted octanol–water partition coefficient (Wildman–Crippen LogP) is 3.03. The average molecular weight is 330 g/mol. The Balaban J connectivity index is 1.71. The van der Waals surface area contributed by atoms with E-state index in [2.05, 4.69) is 26.2 Å². The van der Waals surface area contributed by atoms with Gasteiger partial charge in [0.15, 0.2) is 0 Å². The molecule has 0 fully saturated rings. The minimum atomic E-state index is -0.108. The number of rotatable bonds is 3. The van der Waals surface area contributed by atoms with Gasteiger partial charge in [-0.25, -0.2) is 4.98 Å². The second-order valence-electron chi connectivity index (χ2n) is 4.39. The minimum Gasteiger partial charge on any atom is -0.346 e. The van der Waals surface area contributed by atoms with Crippen molar-refractivity contribution in [1.82, 2.24) is 14.7 Å². The van der Waals surface area contributed by atoms with Crippen molar-refractivity contribution in [1.29, 1.82) is 0 Å². The van der Waals surface area contributed by atoms with Gasteiger partial charge in [-0.05, 0) is 30.3 Å². The second-order valence-corrected chi connectivity index (χ2v) is 5.31. The number of benzene rings is 1. The predicted molar refractivity (Wildman–Crippen MR) is 80.5 cm³/mol. The third-order valence-corrected chi connectivity index (χ3v) is 3.42. The minimum absolute atomic E-state index is 0.108. The van der Waals surface area contributed by atoms with E-state index in [1.54, 1.807) is 12.1 Å². The molecular weight excluding hydrogens is 318 g/mol. The summed E-state index contributed by atoms with van der Waals surface area (Å²) in [6.07, 6.45) is 3.85. The number of fused-ring (bicyclic) bond motifs is 1. The van der Waals surface area contributed by atoms with Crippen LogP contribution in [0.5, 0.6) is 0 Å². The van der Waals surface area contributed by atoms with Crippen molar-refractivity contribution in [2.24, 2.45) is 0 Å². The lowest BCUT2D eigenvalue weighted by molar-refractivity contribution is 0.0950. The molecule has 0 unspecified atom stereocenters. The number of hydrogen-bond donors (Lipinski definition) is 1. The van der Waals surface area contributed by atoms with Crippen LogP contribution >= 0.6 is 15.9 Å². The molecule has 3 aromatic rings. The van der Waals surface area contributed by atoms with Crippen molar-refractivity contribution < 1.29 is 4.79 Å². The molecule has 1 aromatic carbocycles. The summed E-state index contributed by atoms with van der Waals surface area (Å²) in [7, 11) is 0. The fourth-order valence-electron chi connectivity index (χ4n) is 1.97. The topological polar surface area (TPSA) is 46.4 Å². The van der Waals surface area contributed by atoms with Crippen molar-refractivity contribution in [2.75, 3.05) is 0 Å². The van der Waals surface area contributed by atoms with Crippen LogP contribution in [0.15, 0.2) is 59.3 Å². The lowest BCUT2D eigenvalue weighted by Gasteiger charge is -2.03. The first-order valence-corrected chi connectivity index (χ1v) is 6.98. The Morgan fingerprint density at radius 3 is 2.95 bits per heavy atom.